The fraction of sp³-hybridized carbons (Fsp3) is 0.452. The van der Waals surface area contributed by atoms with E-state index in [1.54, 1.807) is 28.3 Å². The monoisotopic (exact) mass is 771 g/mol. The summed E-state index contributed by atoms with van der Waals surface area (Å²) in [7, 11) is 3.24. The van der Waals surface area contributed by atoms with Crippen LogP contribution in [0, 0.1) is 0 Å². The Balaban J connectivity index is 0.777. The number of para-hydroxylation sites is 1. The number of fused-ring (bicyclic) bond motifs is 3. The number of carbonyl (C=O) groups excluding carboxylic acids is 2. The topological polar surface area (TPSA) is 172 Å². The first kappa shape index (κ1) is 36.8. The highest BCUT2D eigenvalue weighted by molar-refractivity contribution is 5.99. The van der Waals surface area contributed by atoms with Crippen molar-refractivity contribution < 1.29 is 14.7 Å². The van der Waals surface area contributed by atoms with E-state index in [2.05, 4.69) is 37.0 Å². The molecule has 0 spiro atoms. The number of aromatic hydroxyl groups is 1. The van der Waals surface area contributed by atoms with E-state index in [0.717, 1.165) is 104 Å². The Morgan fingerprint density at radius 1 is 0.860 bits per heavy atom. The number of aryl methyl sites for hydroxylation is 2. The maximum absolute atomic E-state index is 13.3. The number of benzene rings is 2. The number of nitrogen functional groups attached to an aromatic ring is 1. The molecular formula is C42H49N11O4. The molecule has 3 N–H and O–H groups in total. The molecule has 3 aromatic heterocycles. The first-order valence-electron chi connectivity index (χ1n) is 20.1. The van der Waals surface area contributed by atoms with Gasteiger partial charge in [-0.25, -0.2) is 14.8 Å². The molecule has 2 aromatic carbocycles. The number of phenolic OH excluding ortho intramolecular Hbond substituents is 1. The number of imide groups is 1. The summed E-state index contributed by atoms with van der Waals surface area (Å²) in [5, 5.41) is 18.9. The first-order valence-corrected chi connectivity index (χ1v) is 20.1. The van der Waals surface area contributed by atoms with Crippen LogP contribution in [-0.2, 0) is 23.1 Å². The van der Waals surface area contributed by atoms with Crippen LogP contribution in [-0.4, -0.2) is 108 Å². The van der Waals surface area contributed by atoms with Gasteiger partial charge in [0.1, 0.15) is 11.8 Å². The van der Waals surface area contributed by atoms with Crippen molar-refractivity contribution in [3.05, 3.63) is 82.5 Å². The normalized spacial score (nSPS) is 21.9. The molecular weight excluding hydrogens is 723 g/mol. The molecule has 0 saturated carbocycles. The van der Waals surface area contributed by atoms with Crippen LogP contribution in [0.3, 0.4) is 0 Å². The van der Waals surface area contributed by atoms with E-state index in [1.807, 2.05) is 36.7 Å². The predicted molar refractivity (Wildman–Crippen MR) is 217 cm³/mol. The molecule has 9 rings (SSSR count). The Hall–Kier alpha value is -5.83. The number of hydrogen-bond acceptors (Lipinski definition) is 12. The minimum atomic E-state index is -0.663. The number of imidazole rings is 1. The Morgan fingerprint density at radius 2 is 1.60 bits per heavy atom. The lowest BCUT2D eigenvalue weighted by atomic mass is 9.91. The minimum absolute atomic E-state index is 0.162. The molecule has 0 aliphatic carbocycles. The van der Waals surface area contributed by atoms with Gasteiger partial charge in [-0.3, -0.25) is 23.6 Å². The van der Waals surface area contributed by atoms with Crippen LogP contribution in [0.4, 0.5) is 17.5 Å². The van der Waals surface area contributed by atoms with Crippen molar-refractivity contribution >= 4 is 40.3 Å². The fourth-order valence-electron chi connectivity index (χ4n) is 9.57. The highest BCUT2D eigenvalue weighted by Gasteiger charge is 2.42. The molecule has 4 fully saturated rings. The number of hydrogen-bond donors (Lipinski definition) is 2. The molecule has 2 amide bonds. The number of likely N-dealkylation sites (tertiary alicyclic amines) is 2. The molecule has 15 nitrogen and oxygen atoms in total. The maximum Gasteiger partial charge on any atom is 0.329 e. The number of carbonyl (C=O) groups is 2. The minimum Gasteiger partial charge on any atom is -0.507 e. The largest absolute Gasteiger partial charge is 0.507 e. The number of piperazine rings is 1. The molecule has 3 unspecified atom stereocenters. The highest BCUT2D eigenvalue weighted by Crippen LogP contribution is 2.38. The lowest BCUT2D eigenvalue weighted by Crippen LogP contribution is -2.54. The summed E-state index contributed by atoms with van der Waals surface area (Å²) >= 11 is 0. The van der Waals surface area contributed by atoms with Crippen molar-refractivity contribution in [2.75, 3.05) is 55.3 Å². The van der Waals surface area contributed by atoms with Gasteiger partial charge in [0.15, 0.2) is 5.82 Å². The summed E-state index contributed by atoms with van der Waals surface area (Å²) in [5.74, 6) is 1.24. The molecule has 4 aliphatic rings. The number of rotatable bonds is 9. The summed E-state index contributed by atoms with van der Waals surface area (Å²) in [5.41, 5.74) is 12.1. The second kappa shape index (κ2) is 14.9. The standard InChI is InChI=1S/C42H49N11O4/c1-48-35-20-26(9-12-33(35)53(42(48)57)34-13-14-38(55)49(2)40(34)56)6-5-17-50-18-15-27(16-19-50)28-22-44-41(45-23-28)52-29-10-11-30(52)25-51(24-29)36-21-32(46-47-39(36)43)31-7-3-4-8-37(31)54/h3-4,7-9,12,20-23,27,29-30,34,54H,5-6,10-11,13-19,24-25H2,1-2H3,(H2,43,47). The van der Waals surface area contributed by atoms with E-state index >= 15 is 0 Å². The second-order valence-electron chi connectivity index (χ2n) is 16.1. The van der Waals surface area contributed by atoms with Crippen molar-refractivity contribution in [1.82, 2.24) is 39.1 Å². The number of nitrogens with two attached hydrogens (primary N) is 1. The van der Waals surface area contributed by atoms with E-state index in [1.165, 1.54) is 12.6 Å². The summed E-state index contributed by atoms with van der Waals surface area (Å²) in [6.07, 6.45) is 10.8. The summed E-state index contributed by atoms with van der Waals surface area (Å²) in [6.45, 7) is 4.62. The fourth-order valence-corrected chi connectivity index (χ4v) is 9.57. The lowest BCUT2D eigenvalue weighted by Gasteiger charge is -2.42. The van der Waals surface area contributed by atoms with Gasteiger partial charge >= 0.3 is 5.69 Å². The molecule has 5 aromatic rings. The van der Waals surface area contributed by atoms with Crippen LogP contribution in [0.2, 0.25) is 0 Å². The van der Waals surface area contributed by atoms with Gasteiger partial charge in [-0.15, -0.1) is 10.2 Å². The zero-order chi connectivity index (χ0) is 39.4. The van der Waals surface area contributed by atoms with E-state index < -0.39 is 6.04 Å². The summed E-state index contributed by atoms with van der Waals surface area (Å²) < 4.78 is 3.18. The number of piperidine rings is 2. The van der Waals surface area contributed by atoms with Gasteiger partial charge in [-0.2, -0.15) is 0 Å². The number of phenols is 1. The van der Waals surface area contributed by atoms with Gasteiger partial charge in [-0.1, -0.05) is 18.2 Å². The van der Waals surface area contributed by atoms with Crippen LogP contribution in [0.5, 0.6) is 5.75 Å². The van der Waals surface area contributed by atoms with E-state index in [-0.39, 0.29) is 41.8 Å². The Kier molecular flexibility index (Phi) is 9.63. The number of aromatic nitrogens is 6. The van der Waals surface area contributed by atoms with Crippen molar-refractivity contribution in [3.8, 4) is 17.0 Å². The molecule has 296 valence electrons. The number of nitrogens with zero attached hydrogens (tertiary/aromatic N) is 10. The summed E-state index contributed by atoms with van der Waals surface area (Å²) in [4.78, 5) is 56.4. The number of likely N-dealkylation sites (N-methyl/N-ethyl adjacent to an activating group) is 1. The third kappa shape index (κ3) is 6.77. The van der Waals surface area contributed by atoms with Crippen molar-refractivity contribution in [3.63, 3.8) is 0 Å². The van der Waals surface area contributed by atoms with Crippen LogP contribution in [0.1, 0.15) is 68.0 Å². The van der Waals surface area contributed by atoms with Crippen LogP contribution < -0.4 is 21.2 Å². The second-order valence-corrected chi connectivity index (χ2v) is 16.1. The average molecular weight is 772 g/mol. The Bertz CT molecular complexity index is 2370. The van der Waals surface area contributed by atoms with E-state index in [0.29, 0.717) is 29.4 Å². The predicted octanol–water partition coefficient (Wildman–Crippen LogP) is 3.86. The Labute approximate surface area is 330 Å². The third-order valence-electron chi connectivity index (χ3n) is 12.8. The zero-order valence-corrected chi connectivity index (χ0v) is 32.5. The van der Waals surface area contributed by atoms with E-state index in [4.69, 9.17) is 15.7 Å². The van der Waals surface area contributed by atoms with Crippen LogP contribution in [0.15, 0.2) is 65.7 Å². The molecule has 3 atom stereocenters. The Morgan fingerprint density at radius 3 is 2.33 bits per heavy atom. The smallest absolute Gasteiger partial charge is 0.329 e. The summed E-state index contributed by atoms with van der Waals surface area (Å²) in [6, 6.07) is 15.0. The SMILES string of the molecule is CN1C(=O)CCC(n2c(=O)n(C)c3cc(CCCN4CCC(c5cnc(N6C7CCC6CN(c6cc(-c8ccccc8O)nnc6N)C7)nc5)CC4)ccc32)C1=O. The molecule has 15 heteroatoms. The van der Waals surface area contributed by atoms with Crippen molar-refractivity contribution in [1.29, 1.82) is 0 Å². The van der Waals surface area contributed by atoms with Crippen molar-refractivity contribution in [2.45, 2.75) is 75.4 Å². The van der Waals surface area contributed by atoms with Gasteiger partial charge in [0.2, 0.25) is 11.9 Å². The third-order valence-corrected chi connectivity index (χ3v) is 12.8. The number of amides is 2. The van der Waals surface area contributed by atoms with Gasteiger partial charge in [0, 0.05) is 63.6 Å². The van der Waals surface area contributed by atoms with Gasteiger partial charge in [0.05, 0.1) is 22.4 Å². The molecule has 57 heavy (non-hydrogen) atoms. The molecule has 4 saturated heterocycles. The van der Waals surface area contributed by atoms with Crippen LogP contribution in [0.25, 0.3) is 22.3 Å². The highest BCUT2D eigenvalue weighted by atomic mass is 16.3. The first-order chi connectivity index (χ1) is 27.6. The van der Waals surface area contributed by atoms with Crippen LogP contribution >= 0.6 is 0 Å². The molecule has 4 aliphatic heterocycles. The molecule has 0 radical (unpaired) electrons. The van der Waals surface area contributed by atoms with E-state index in [9.17, 15) is 19.5 Å². The lowest BCUT2D eigenvalue weighted by molar-refractivity contribution is -0.149. The van der Waals surface area contributed by atoms with Gasteiger partial charge in [0.25, 0.3) is 5.91 Å². The molecule has 2 bridgehead atoms. The average Bonchev–Trinajstić information content (AvgIpc) is 3.63. The molecule has 7 heterocycles. The maximum atomic E-state index is 13.3. The zero-order valence-electron chi connectivity index (χ0n) is 32.5. The van der Waals surface area contributed by atoms with Gasteiger partial charge in [-0.05, 0) is 112 Å². The van der Waals surface area contributed by atoms with Gasteiger partial charge < -0.3 is 25.5 Å². The number of anilines is 3. The quantitative estimate of drug-likeness (QED) is 0.208. The van der Waals surface area contributed by atoms with Crippen molar-refractivity contribution in [2.24, 2.45) is 7.05 Å².